The molecule has 0 saturated heterocycles. The number of nitrogens with zero attached hydrogens (tertiary/aromatic N) is 1. The molecule has 5 unspecified atom stereocenters. The second kappa shape index (κ2) is 16.2. The van der Waals surface area contributed by atoms with E-state index in [-0.39, 0.29) is 6.10 Å². The van der Waals surface area contributed by atoms with E-state index in [1.807, 2.05) is 4.90 Å². The van der Waals surface area contributed by atoms with Crippen LogP contribution < -0.4 is 21.7 Å². The number of hydrogen-bond donors (Lipinski definition) is 5. The van der Waals surface area contributed by atoms with Crippen molar-refractivity contribution in [3.63, 3.8) is 0 Å². The van der Waals surface area contributed by atoms with Crippen LogP contribution in [0.25, 0.3) is 0 Å². The van der Waals surface area contributed by atoms with Gasteiger partial charge in [0.05, 0.1) is 6.10 Å². The lowest BCUT2D eigenvalue weighted by Crippen LogP contribution is -2.59. The third kappa shape index (κ3) is 7.99. The highest BCUT2D eigenvalue weighted by Crippen LogP contribution is 2.68. The minimum Gasteiger partial charge on any atom is -0.393 e. The summed E-state index contributed by atoms with van der Waals surface area (Å²) >= 11 is 0. The number of rotatable bonds is 17. The summed E-state index contributed by atoms with van der Waals surface area (Å²) in [5.74, 6) is 4.00. The second-order valence-corrected chi connectivity index (χ2v) is 15.5. The van der Waals surface area contributed by atoms with Gasteiger partial charge in [0.25, 0.3) is 0 Å². The monoisotopic (exact) mass is 604 g/mol. The quantitative estimate of drug-likeness (QED) is 0.154. The summed E-state index contributed by atoms with van der Waals surface area (Å²) in [6, 6.07) is 0.601. The molecule has 0 aromatic heterocycles. The third-order valence-electron chi connectivity index (χ3n) is 13.4. The van der Waals surface area contributed by atoms with Crippen LogP contribution >= 0.6 is 0 Å². The zero-order valence-corrected chi connectivity index (χ0v) is 28.6. The van der Waals surface area contributed by atoms with Gasteiger partial charge in [-0.2, -0.15) is 0 Å². The van der Waals surface area contributed by atoms with E-state index >= 15 is 0 Å². The summed E-state index contributed by atoms with van der Waals surface area (Å²) in [4.78, 5) is 14.7. The van der Waals surface area contributed by atoms with Crippen LogP contribution in [0.1, 0.15) is 112 Å². The van der Waals surface area contributed by atoms with Gasteiger partial charge in [0, 0.05) is 38.6 Å². The minimum absolute atomic E-state index is 0.146. The molecule has 0 heterocycles. The van der Waals surface area contributed by atoms with Crippen molar-refractivity contribution in [1.82, 2.24) is 20.9 Å². The van der Waals surface area contributed by atoms with Crippen LogP contribution in [0.2, 0.25) is 0 Å². The third-order valence-corrected chi connectivity index (χ3v) is 13.4. The summed E-state index contributed by atoms with van der Waals surface area (Å²) in [7, 11) is 0. The van der Waals surface area contributed by atoms with Crippen LogP contribution in [0, 0.1) is 46.3 Å². The van der Waals surface area contributed by atoms with Gasteiger partial charge < -0.3 is 31.7 Å². The van der Waals surface area contributed by atoms with Crippen LogP contribution in [0.5, 0.6) is 0 Å². The number of nitrogens with two attached hydrogens (primary N) is 1. The van der Waals surface area contributed by atoms with Gasteiger partial charge in [-0.1, -0.05) is 20.8 Å². The molecule has 1 amide bonds. The van der Waals surface area contributed by atoms with E-state index in [0.717, 1.165) is 78.0 Å². The zero-order valence-electron chi connectivity index (χ0n) is 28.6. The average molecular weight is 604 g/mol. The van der Waals surface area contributed by atoms with Gasteiger partial charge in [0.15, 0.2) is 0 Å². The van der Waals surface area contributed by atoms with Gasteiger partial charge in [-0.05, 0) is 157 Å². The highest BCUT2D eigenvalue weighted by Gasteiger charge is 2.62. The van der Waals surface area contributed by atoms with E-state index in [1.54, 1.807) is 0 Å². The molecule has 4 rings (SSSR count). The fraction of sp³-hybridized carbons (Fsp3) is 0.972. The molecule has 6 N–H and O–H groups in total. The number of fused-ring (bicyclic) bond motifs is 5. The first kappa shape index (κ1) is 35.1. The predicted molar refractivity (Wildman–Crippen MR) is 179 cm³/mol. The first-order valence-electron chi connectivity index (χ1n) is 18.5. The Labute approximate surface area is 264 Å². The molecule has 4 aliphatic carbocycles. The Balaban J connectivity index is 1.25. The summed E-state index contributed by atoms with van der Waals surface area (Å²) < 4.78 is 0. The molecule has 43 heavy (non-hydrogen) atoms. The molecule has 0 aromatic rings. The summed E-state index contributed by atoms with van der Waals surface area (Å²) in [5.41, 5.74) is 6.24. The molecule has 0 spiro atoms. The van der Waals surface area contributed by atoms with E-state index in [2.05, 4.69) is 50.6 Å². The maximum absolute atomic E-state index is 12.7. The Bertz CT molecular complexity index is 853. The van der Waals surface area contributed by atoms with Gasteiger partial charge >= 0.3 is 0 Å². The molecule has 10 atom stereocenters. The molecule has 250 valence electrons. The fourth-order valence-electron chi connectivity index (χ4n) is 10.8. The van der Waals surface area contributed by atoms with E-state index in [0.29, 0.717) is 64.7 Å². The number of aliphatic hydroxyl groups excluding tert-OH is 1. The van der Waals surface area contributed by atoms with Crippen molar-refractivity contribution in [1.29, 1.82) is 0 Å². The van der Waals surface area contributed by atoms with Crippen LogP contribution in [-0.4, -0.2) is 80.4 Å². The SMILES string of the molecule is CCN(CC)C(=O)CC[C@@H](C)C1CCC2C3C(CC[C@@]21C)[C@@]1(C)CC[C@H](NCCCNCCNCCCN)CC1C[C@H]3O. The standard InChI is InChI=1S/C36H69N5O2/c1-6-41(7-2)33(43)13-10-26(3)29-11-12-30-34-31(15-17-36(29,30)5)35(4)16-14-28(24-27(35)25-32(34)42)40-21-9-20-39-23-22-38-19-8-18-37/h26-32,34,38-40,42H,6-25,37H2,1-5H3/t26-,27?,28+,29?,30?,31?,32-,34?,35+,36-/m1/s1. The molecule has 0 radical (unpaired) electrons. The maximum Gasteiger partial charge on any atom is 0.222 e. The molecule has 0 aromatic carbocycles. The predicted octanol–water partition coefficient (Wildman–Crippen LogP) is 4.78. The Kier molecular flexibility index (Phi) is 13.2. The number of carbonyl (C=O) groups is 1. The normalized spacial score (nSPS) is 37.8. The van der Waals surface area contributed by atoms with E-state index < -0.39 is 0 Å². The van der Waals surface area contributed by atoms with Gasteiger partial charge in [-0.3, -0.25) is 4.79 Å². The largest absolute Gasteiger partial charge is 0.393 e. The highest BCUT2D eigenvalue weighted by molar-refractivity contribution is 5.76. The zero-order chi connectivity index (χ0) is 31.0. The van der Waals surface area contributed by atoms with E-state index in [4.69, 9.17) is 5.73 Å². The van der Waals surface area contributed by atoms with Crippen molar-refractivity contribution in [3.05, 3.63) is 0 Å². The number of carbonyl (C=O) groups excluding carboxylic acids is 1. The van der Waals surface area contributed by atoms with Gasteiger partial charge in [-0.15, -0.1) is 0 Å². The number of nitrogens with one attached hydrogen (secondary N) is 3. The van der Waals surface area contributed by atoms with E-state index in [9.17, 15) is 9.90 Å². The summed E-state index contributed by atoms with van der Waals surface area (Å²) in [5, 5.41) is 22.7. The van der Waals surface area contributed by atoms with Crippen molar-refractivity contribution >= 4 is 5.91 Å². The van der Waals surface area contributed by atoms with Gasteiger partial charge in [0.2, 0.25) is 5.91 Å². The van der Waals surface area contributed by atoms with Gasteiger partial charge in [-0.25, -0.2) is 0 Å². The van der Waals surface area contributed by atoms with Crippen LogP contribution in [-0.2, 0) is 4.79 Å². The Morgan fingerprint density at radius 3 is 2.28 bits per heavy atom. The molecule has 7 nitrogen and oxygen atoms in total. The first-order chi connectivity index (χ1) is 20.7. The smallest absolute Gasteiger partial charge is 0.222 e. The van der Waals surface area contributed by atoms with Crippen LogP contribution in [0.15, 0.2) is 0 Å². The maximum atomic E-state index is 12.7. The molecule has 0 aliphatic heterocycles. The molecular weight excluding hydrogens is 534 g/mol. The Morgan fingerprint density at radius 2 is 1.58 bits per heavy atom. The molecule has 7 heteroatoms. The van der Waals surface area contributed by atoms with Gasteiger partial charge in [0.1, 0.15) is 0 Å². The number of aliphatic hydroxyl groups is 1. The summed E-state index contributed by atoms with van der Waals surface area (Å²) in [6.45, 7) is 19.3. The van der Waals surface area contributed by atoms with E-state index in [1.165, 1.54) is 44.9 Å². The number of hydrogen-bond acceptors (Lipinski definition) is 6. The lowest BCUT2D eigenvalue weighted by atomic mass is 9.43. The van der Waals surface area contributed by atoms with Crippen molar-refractivity contribution in [2.45, 2.75) is 124 Å². The van der Waals surface area contributed by atoms with Crippen LogP contribution in [0.3, 0.4) is 0 Å². The van der Waals surface area contributed by atoms with Crippen molar-refractivity contribution < 1.29 is 9.90 Å². The van der Waals surface area contributed by atoms with Crippen molar-refractivity contribution in [2.24, 2.45) is 52.1 Å². The number of amides is 1. The Morgan fingerprint density at radius 1 is 0.907 bits per heavy atom. The molecule has 4 fully saturated rings. The summed E-state index contributed by atoms with van der Waals surface area (Å²) in [6.07, 6.45) is 13.7. The molecule has 4 aliphatic rings. The molecular formula is C36H69N5O2. The lowest BCUT2D eigenvalue weighted by Gasteiger charge is -2.62. The van der Waals surface area contributed by atoms with Crippen molar-refractivity contribution in [3.8, 4) is 0 Å². The Hall–Kier alpha value is -0.730. The topological polar surface area (TPSA) is 103 Å². The lowest BCUT2D eigenvalue weighted by molar-refractivity contribution is -0.167. The molecule has 0 bridgehead atoms. The highest BCUT2D eigenvalue weighted by atomic mass is 16.3. The van der Waals surface area contributed by atoms with Crippen LogP contribution in [0.4, 0.5) is 0 Å². The first-order valence-corrected chi connectivity index (χ1v) is 18.5. The second-order valence-electron chi connectivity index (χ2n) is 15.5. The van der Waals surface area contributed by atoms with Crippen molar-refractivity contribution in [2.75, 3.05) is 52.4 Å². The molecule has 4 saturated carbocycles. The fourth-order valence-corrected chi connectivity index (χ4v) is 10.8. The minimum atomic E-state index is -0.146. The average Bonchev–Trinajstić information content (AvgIpc) is 3.35.